The summed E-state index contributed by atoms with van der Waals surface area (Å²) >= 11 is 1.47. The summed E-state index contributed by atoms with van der Waals surface area (Å²) < 4.78 is 0. The summed E-state index contributed by atoms with van der Waals surface area (Å²) in [6, 6.07) is 3.71. The molecule has 2 aromatic rings. The topological polar surface area (TPSA) is 56.0 Å². The standard InChI is InChI=1S/C9H8N2OS/c10-4-8(12)7-5-13-9-6(7)2-1-3-11-9/h1-3,5H,4,10H2. The van der Waals surface area contributed by atoms with Crippen LogP contribution in [0, 0.1) is 0 Å². The lowest BCUT2D eigenvalue weighted by atomic mass is 10.1. The Balaban J connectivity index is 2.64. The van der Waals surface area contributed by atoms with Crippen LogP contribution in [0.4, 0.5) is 0 Å². The molecule has 0 spiro atoms. The van der Waals surface area contributed by atoms with Gasteiger partial charge in [0.25, 0.3) is 0 Å². The molecule has 0 bridgehead atoms. The molecule has 0 atom stereocenters. The van der Waals surface area contributed by atoms with Crippen LogP contribution in [0.25, 0.3) is 10.2 Å². The van der Waals surface area contributed by atoms with Gasteiger partial charge in [-0.05, 0) is 12.1 Å². The van der Waals surface area contributed by atoms with E-state index in [1.54, 1.807) is 6.20 Å². The van der Waals surface area contributed by atoms with Crippen molar-refractivity contribution in [3.8, 4) is 0 Å². The highest BCUT2D eigenvalue weighted by atomic mass is 32.1. The van der Waals surface area contributed by atoms with Gasteiger partial charge in [0.1, 0.15) is 4.83 Å². The minimum Gasteiger partial charge on any atom is -0.324 e. The van der Waals surface area contributed by atoms with Crippen LogP contribution in [0.1, 0.15) is 10.4 Å². The number of carbonyl (C=O) groups is 1. The molecule has 0 radical (unpaired) electrons. The Hall–Kier alpha value is -1.26. The summed E-state index contributed by atoms with van der Waals surface area (Å²) in [5.41, 5.74) is 5.98. The first-order valence-corrected chi connectivity index (χ1v) is 4.76. The second kappa shape index (κ2) is 3.24. The van der Waals surface area contributed by atoms with Crippen molar-refractivity contribution in [2.24, 2.45) is 5.73 Å². The molecule has 4 heteroatoms. The van der Waals surface area contributed by atoms with E-state index in [4.69, 9.17) is 5.73 Å². The van der Waals surface area contributed by atoms with Crippen molar-refractivity contribution in [3.05, 3.63) is 29.3 Å². The fourth-order valence-electron chi connectivity index (χ4n) is 1.19. The number of fused-ring (bicyclic) bond motifs is 1. The van der Waals surface area contributed by atoms with E-state index in [1.807, 2.05) is 17.5 Å². The van der Waals surface area contributed by atoms with Gasteiger partial charge < -0.3 is 5.73 Å². The average Bonchev–Trinajstić information content (AvgIpc) is 2.60. The predicted octanol–water partition coefficient (Wildman–Crippen LogP) is 1.44. The van der Waals surface area contributed by atoms with Crippen LogP contribution < -0.4 is 5.73 Å². The lowest BCUT2D eigenvalue weighted by molar-refractivity contribution is 0.100. The molecule has 0 unspecified atom stereocenters. The number of hydrogen-bond donors (Lipinski definition) is 1. The molecule has 0 aliphatic rings. The predicted molar refractivity (Wildman–Crippen MR) is 53.0 cm³/mol. The monoisotopic (exact) mass is 192 g/mol. The lowest BCUT2D eigenvalue weighted by Crippen LogP contribution is -2.12. The Morgan fingerprint density at radius 2 is 2.46 bits per heavy atom. The van der Waals surface area contributed by atoms with E-state index < -0.39 is 0 Å². The summed E-state index contributed by atoms with van der Waals surface area (Å²) in [5.74, 6) is -0.0285. The normalized spacial score (nSPS) is 10.5. The van der Waals surface area contributed by atoms with Crippen molar-refractivity contribution in [3.63, 3.8) is 0 Å². The van der Waals surface area contributed by atoms with Gasteiger partial charge in [0.15, 0.2) is 5.78 Å². The SMILES string of the molecule is NCC(=O)c1csc2ncccc12. The number of rotatable bonds is 2. The van der Waals surface area contributed by atoms with Gasteiger partial charge in [-0.2, -0.15) is 0 Å². The zero-order valence-corrected chi connectivity index (χ0v) is 7.67. The number of hydrogen-bond acceptors (Lipinski definition) is 4. The highest BCUT2D eigenvalue weighted by Crippen LogP contribution is 2.23. The maximum absolute atomic E-state index is 11.3. The van der Waals surface area contributed by atoms with Crippen molar-refractivity contribution in [1.82, 2.24) is 4.98 Å². The summed E-state index contributed by atoms with van der Waals surface area (Å²) in [7, 11) is 0. The summed E-state index contributed by atoms with van der Waals surface area (Å²) in [4.78, 5) is 16.4. The quantitative estimate of drug-likeness (QED) is 0.732. The third-order valence-corrected chi connectivity index (χ3v) is 2.74. The van der Waals surface area contributed by atoms with Gasteiger partial charge in [-0.25, -0.2) is 4.98 Å². The van der Waals surface area contributed by atoms with Gasteiger partial charge in [0.05, 0.1) is 6.54 Å². The molecule has 0 saturated heterocycles. The first kappa shape index (κ1) is 8.34. The fraction of sp³-hybridized carbons (Fsp3) is 0.111. The van der Waals surface area contributed by atoms with Crippen LogP contribution in [0.2, 0.25) is 0 Å². The largest absolute Gasteiger partial charge is 0.324 e. The molecular formula is C9H8N2OS. The van der Waals surface area contributed by atoms with E-state index in [9.17, 15) is 4.79 Å². The van der Waals surface area contributed by atoms with E-state index >= 15 is 0 Å². The molecule has 0 amide bonds. The van der Waals surface area contributed by atoms with Gasteiger partial charge in [0.2, 0.25) is 0 Å². The molecular weight excluding hydrogens is 184 g/mol. The molecule has 0 fully saturated rings. The van der Waals surface area contributed by atoms with Crippen molar-refractivity contribution in [1.29, 1.82) is 0 Å². The number of nitrogens with two attached hydrogens (primary N) is 1. The third-order valence-electron chi connectivity index (χ3n) is 1.84. The van der Waals surface area contributed by atoms with Crippen LogP contribution in [0.3, 0.4) is 0 Å². The molecule has 0 aliphatic heterocycles. The summed E-state index contributed by atoms with van der Waals surface area (Å²) in [5, 5.41) is 2.72. The Kier molecular flexibility index (Phi) is 2.08. The Morgan fingerprint density at radius 1 is 1.62 bits per heavy atom. The first-order valence-electron chi connectivity index (χ1n) is 3.88. The number of nitrogens with zero attached hydrogens (tertiary/aromatic N) is 1. The van der Waals surface area contributed by atoms with Gasteiger partial charge >= 0.3 is 0 Å². The Labute approximate surface area is 79.2 Å². The van der Waals surface area contributed by atoms with Gasteiger partial charge in [-0.1, -0.05) is 0 Å². The zero-order chi connectivity index (χ0) is 9.26. The van der Waals surface area contributed by atoms with Crippen LogP contribution in [-0.2, 0) is 0 Å². The van der Waals surface area contributed by atoms with Crippen molar-refractivity contribution >= 4 is 27.3 Å². The minimum absolute atomic E-state index is 0.0285. The van der Waals surface area contributed by atoms with E-state index in [-0.39, 0.29) is 12.3 Å². The molecule has 2 rings (SSSR count). The van der Waals surface area contributed by atoms with Crippen molar-refractivity contribution < 1.29 is 4.79 Å². The minimum atomic E-state index is -0.0285. The molecule has 2 N–H and O–H groups in total. The smallest absolute Gasteiger partial charge is 0.177 e. The van der Waals surface area contributed by atoms with E-state index in [0.717, 1.165) is 10.2 Å². The molecule has 13 heavy (non-hydrogen) atoms. The van der Waals surface area contributed by atoms with Crippen molar-refractivity contribution in [2.75, 3.05) is 6.54 Å². The van der Waals surface area contributed by atoms with Crippen molar-refractivity contribution in [2.45, 2.75) is 0 Å². The highest BCUT2D eigenvalue weighted by Gasteiger charge is 2.09. The molecule has 0 saturated carbocycles. The number of ketones is 1. The zero-order valence-electron chi connectivity index (χ0n) is 6.86. The van der Waals surface area contributed by atoms with Gasteiger partial charge in [0, 0.05) is 22.5 Å². The summed E-state index contributed by atoms with van der Waals surface area (Å²) in [6.07, 6.45) is 1.72. The molecule has 2 heterocycles. The number of aromatic nitrogens is 1. The van der Waals surface area contributed by atoms with Crippen LogP contribution >= 0.6 is 11.3 Å². The lowest BCUT2D eigenvalue weighted by Gasteiger charge is -1.93. The number of pyridine rings is 1. The maximum Gasteiger partial charge on any atom is 0.177 e. The molecule has 0 aromatic carbocycles. The Bertz CT molecular complexity index is 450. The fourth-order valence-corrected chi connectivity index (χ4v) is 2.11. The third kappa shape index (κ3) is 1.34. The second-order valence-corrected chi connectivity index (χ2v) is 3.49. The average molecular weight is 192 g/mol. The van der Waals surface area contributed by atoms with E-state index in [2.05, 4.69) is 4.98 Å². The second-order valence-electron chi connectivity index (χ2n) is 2.63. The maximum atomic E-state index is 11.3. The summed E-state index contributed by atoms with van der Waals surface area (Å²) in [6.45, 7) is 0.0563. The van der Waals surface area contributed by atoms with Crippen LogP contribution in [0.15, 0.2) is 23.7 Å². The van der Waals surface area contributed by atoms with E-state index in [0.29, 0.717) is 5.56 Å². The molecule has 3 nitrogen and oxygen atoms in total. The highest BCUT2D eigenvalue weighted by molar-refractivity contribution is 7.17. The molecule has 66 valence electrons. The number of carbonyl (C=O) groups excluding carboxylic acids is 1. The Morgan fingerprint density at radius 3 is 3.23 bits per heavy atom. The van der Waals surface area contributed by atoms with Gasteiger partial charge in [-0.3, -0.25) is 4.79 Å². The molecule has 2 aromatic heterocycles. The van der Waals surface area contributed by atoms with Gasteiger partial charge in [-0.15, -0.1) is 11.3 Å². The molecule has 0 aliphatic carbocycles. The number of Topliss-reactive ketones (excluding diaryl/α,β-unsaturated/α-hetero) is 1. The van der Waals surface area contributed by atoms with Crippen LogP contribution in [-0.4, -0.2) is 17.3 Å². The van der Waals surface area contributed by atoms with Crippen LogP contribution in [0.5, 0.6) is 0 Å². The number of thiophene rings is 1. The van der Waals surface area contributed by atoms with E-state index in [1.165, 1.54) is 11.3 Å². The first-order chi connectivity index (χ1) is 6.33.